The van der Waals surface area contributed by atoms with Crippen LogP contribution in [0.15, 0.2) is 18.2 Å². The number of benzene rings is 1. The van der Waals surface area contributed by atoms with Crippen LogP contribution in [0, 0.1) is 0 Å². The molecular weight excluding hydrogens is 309 g/mol. The highest BCUT2D eigenvalue weighted by atomic mass is 35.5. The molecule has 0 unspecified atom stereocenters. The van der Waals surface area contributed by atoms with Gasteiger partial charge >= 0.3 is 5.97 Å². The van der Waals surface area contributed by atoms with E-state index in [1.807, 2.05) is 0 Å². The van der Waals surface area contributed by atoms with E-state index in [9.17, 15) is 9.59 Å². The number of anilines is 1. The molecule has 0 bridgehead atoms. The van der Waals surface area contributed by atoms with Crippen molar-refractivity contribution in [1.82, 2.24) is 0 Å². The second kappa shape index (κ2) is 8.30. The second-order valence-electron chi connectivity index (χ2n) is 3.44. The molecule has 0 aliphatic carbocycles. The molecule has 4 nitrogen and oxygen atoms in total. The maximum Gasteiger partial charge on any atom is 0.315 e. The summed E-state index contributed by atoms with van der Waals surface area (Å²) in [6, 6.07) is 4.96. The second-order valence-corrected chi connectivity index (χ2v) is 5.24. The minimum atomic E-state index is -0.337. The fraction of sp³-hybridized carbons (Fsp3) is 0.333. The van der Waals surface area contributed by atoms with Gasteiger partial charge in [0.05, 0.1) is 33.8 Å². The standard InChI is InChI=1S/C12H13Cl2NO3S/c1-2-18-11(17)7-19-6-10(16)15-12-8(13)4-3-5-9(12)14/h3-5H,2,6-7H2,1H3,(H,15,16). The van der Waals surface area contributed by atoms with E-state index in [0.717, 1.165) is 0 Å². The van der Waals surface area contributed by atoms with Gasteiger partial charge in [0.25, 0.3) is 0 Å². The van der Waals surface area contributed by atoms with E-state index in [-0.39, 0.29) is 23.4 Å². The van der Waals surface area contributed by atoms with Crippen LogP contribution in [-0.2, 0) is 14.3 Å². The molecule has 104 valence electrons. The van der Waals surface area contributed by atoms with Gasteiger partial charge in [-0.2, -0.15) is 0 Å². The first kappa shape index (κ1) is 16.1. The van der Waals surface area contributed by atoms with Gasteiger partial charge in [-0.3, -0.25) is 9.59 Å². The van der Waals surface area contributed by atoms with Crippen molar-refractivity contribution in [3.63, 3.8) is 0 Å². The maximum absolute atomic E-state index is 11.7. The normalized spacial score (nSPS) is 10.1. The lowest BCUT2D eigenvalue weighted by atomic mass is 10.3. The Morgan fingerprint density at radius 1 is 1.26 bits per heavy atom. The Bertz CT molecular complexity index is 448. The lowest BCUT2D eigenvalue weighted by molar-refractivity contribution is -0.139. The fourth-order valence-corrected chi connectivity index (χ4v) is 2.32. The number of amides is 1. The first-order valence-corrected chi connectivity index (χ1v) is 7.43. The van der Waals surface area contributed by atoms with Crippen LogP contribution in [0.25, 0.3) is 0 Å². The summed E-state index contributed by atoms with van der Waals surface area (Å²) in [7, 11) is 0. The highest BCUT2D eigenvalue weighted by Crippen LogP contribution is 2.29. The summed E-state index contributed by atoms with van der Waals surface area (Å²) in [5.74, 6) is -0.349. The number of hydrogen-bond acceptors (Lipinski definition) is 4. The maximum atomic E-state index is 11.7. The summed E-state index contributed by atoms with van der Waals surface area (Å²) in [5.41, 5.74) is 0.382. The number of hydrogen-bond donors (Lipinski definition) is 1. The van der Waals surface area contributed by atoms with Crippen molar-refractivity contribution in [3.8, 4) is 0 Å². The first-order valence-electron chi connectivity index (χ1n) is 5.51. The zero-order chi connectivity index (χ0) is 14.3. The molecule has 0 heterocycles. The Hall–Kier alpha value is -0.910. The third kappa shape index (κ3) is 5.72. The van der Waals surface area contributed by atoms with E-state index < -0.39 is 0 Å². The van der Waals surface area contributed by atoms with E-state index in [0.29, 0.717) is 22.3 Å². The monoisotopic (exact) mass is 321 g/mol. The number of ether oxygens (including phenoxy) is 1. The molecule has 0 saturated carbocycles. The van der Waals surface area contributed by atoms with Crippen molar-refractivity contribution in [3.05, 3.63) is 28.2 Å². The largest absolute Gasteiger partial charge is 0.465 e. The molecule has 1 rings (SSSR count). The number of esters is 1. The number of carbonyl (C=O) groups is 2. The molecule has 0 aliphatic heterocycles. The van der Waals surface area contributed by atoms with Crippen molar-refractivity contribution in [2.24, 2.45) is 0 Å². The van der Waals surface area contributed by atoms with Gasteiger partial charge in [0, 0.05) is 0 Å². The lowest BCUT2D eigenvalue weighted by Crippen LogP contribution is -2.16. The van der Waals surface area contributed by atoms with Crippen LogP contribution < -0.4 is 5.32 Å². The molecule has 1 aromatic carbocycles. The molecule has 7 heteroatoms. The highest BCUT2D eigenvalue weighted by Gasteiger charge is 2.10. The Kier molecular flexibility index (Phi) is 7.05. The fourth-order valence-electron chi connectivity index (χ4n) is 1.22. The molecule has 0 fully saturated rings. The van der Waals surface area contributed by atoms with Crippen molar-refractivity contribution in [2.75, 3.05) is 23.4 Å². The van der Waals surface area contributed by atoms with Crippen molar-refractivity contribution in [1.29, 1.82) is 0 Å². The van der Waals surface area contributed by atoms with Crippen LogP contribution in [-0.4, -0.2) is 30.0 Å². The van der Waals surface area contributed by atoms with Gasteiger partial charge in [-0.05, 0) is 19.1 Å². The molecule has 1 aromatic rings. The van der Waals surface area contributed by atoms with E-state index in [2.05, 4.69) is 5.32 Å². The molecule has 19 heavy (non-hydrogen) atoms. The number of rotatable bonds is 6. The number of thioether (sulfide) groups is 1. The van der Waals surface area contributed by atoms with E-state index in [1.165, 1.54) is 11.8 Å². The van der Waals surface area contributed by atoms with E-state index in [1.54, 1.807) is 25.1 Å². The predicted molar refractivity (Wildman–Crippen MR) is 79.0 cm³/mol. The molecule has 0 saturated heterocycles. The summed E-state index contributed by atoms with van der Waals surface area (Å²) < 4.78 is 4.75. The summed E-state index contributed by atoms with van der Waals surface area (Å²) in [5, 5.41) is 3.35. The number of carbonyl (C=O) groups excluding carboxylic acids is 2. The van der Waals surface area contributed by atoms with Crippen LogP contribution in [0.5, 0.6) is 0 Å². The van der Waals surface area contributed by atoms with Crippen LogP contribution >= 0.6 is 35.0 Å². The van der Waals surface area contributed by atoms with Gasteiger partial charge in [0.1, 0.15) is 0 Å². The number of halogens is 2. The van der Waals surface area contributed by atoms with Gasteiger partial charge in [-0.25, -0.2) is 0 Å². The van der Waals surface area contributed by atoms with Gasteiger partial charge in [-0.15, -0.1) is 11.8 Å². The molecule has 0 radical (unpaired) electrons. The SMILES string of the molecule is CCOC(=O)CSCC(=O)Nc1c(Cl)cccc1Cl. The molecular formula is C12H13Cl2NO3S. The van der Waals surface area contributed by atoms with Crippen molar-refractivity contribution >= 4 is 52.5 Å². The van der Waals surface area contributed by atoms with Gasteiger partial charge < -0.3 is 10.1 Å². The zero-order valence-corrected chi connectivity index (χ0v) is 12.6. The third-order valence-electron chi connectivity index (χ3n) is 1.99. The zero-order valence-electron chi connectivity index (χ0n) is 10.2. The topological polar surface area (TPSA) is 55.4 Å². The van der Waals surface area contributed by atoms with Crippen LogP contribution in [0.2, 0.25) is 10.0 Å². The molecule has 1 N–H and O–H groups in total. The van der Waals surface area contributed by atoms with Gasteiger partial charge in [-0.1, -0.05) is 29.3 Å². The van der Waals surface area contributed by atoms with Crippen molar-refractivity contribution < 1.29 is 14.3 Å². The minimum absolute atomic E-state index is 0.125. The van der Waals surface area contributed by atoms with Gasteiger partial charge in [0.2, 0.25) is 5.91 Å². The summed E-state index contributed by atoms with van der Waals surface area (Å²) in [4.78, 5) is 22.7. The Labute approximate surface area is 125 Å². The lowest BCUT2D eigenvalue weighted by Gasteiger charge is -2.08. The van der Waals surface area contributed by atoms with Gasteiger partial charge in [0.15, 0.2) is 0 Å². The molecule has 0 aromatic heterocycles. The van der Waals surface area contributed by atoms with E-state index in [4.69, 9.17) is 27.9 Å². The molecule has 0 spiro atoms. The Balaban J connectivity index is 2.41. The molecule has 1 amide bonds. The number of nitrogens with one attached hydrogen (secondary N) is 1. The van der Waals surface area contributed by atoms with Crippen LogP contribution in [0.1, 0.15) is 6.92 Å². The third-order valence-corrected chi connectivity index (χ3v) is 3.52. The Morgan fingerprint density at radius 3 is 2.47 bits per heavy atom. The van der Waals surface area contributed by atoms with E-state index >= 15 is 0 Å². The average Bonchev–Trinajstić information content (AvgIpc) is 2.34. The highest BCUT2D eigenvalue weighted by molar-refractivity contribution is 8.00. The summed E-state index contributed by atoms with van der Waals surface area (Å²) >= 11 is 13.0. The minimum Gasteiger partial charge on any atom is -0.465 e. The quantitative estimate of drug-likeness (QED) is 0.817. The van der Waals surface area contributed by atoms with Crippen LogP contribution in [0.3, 0.4) is 0 Å². The number of para-hydroxylation sites is 1. The van der Waals surface area contributed by atoms with Crippen LogP contribution in [0.4, 0.5) is 5.69 Å². The summed E-state index contributed by atoms with van der Waals surface area (Å²) in [6.45, 7) is 2.06. The summed E-state index contributed by atoms with van der Waals surface area (Å²) in [6.07, 6.45) is 0. The van der Waals surface area contributed by atoms with Crippen molar-refractivity contribution in [2.45, 2.75) is 6.92 Å². The predicted octanol–water partition coefficient (Wildman–Crippen LogP) is 3.23. The smallest absolute Gasteiger partial charge is 0.315 e. The molecule has 0 aliphatic rings. The first-order chi connectivity index (χ1) is 9.04. The molecule has 0 atom stereocenters. The Morgan fingerprint density at radius 2 is 1.89 bits per heavy atom. The average molecular weight is 322 g/mol.